The van der Waals surface area contributed by atoms with E-state index in [0.29, 0.717) is 17.7 Å². The van der Waals surface area contributed by atoms with Crippen LogP contribution in [0.1, 0.15) is 57.7 Å². The summed E-state index contributed by atoms with van der Waals surface area (Å²) in [6.45, 7) is 4.72. The summed E-state index contributed by atoms with van der Waals surface area (Å²) in [4.78, 5) is 30.4. The van der Waals surface area contributed by atoms with Gasteiger partial charge in [-0.1, -0.05) is 48.5 Å². The average molecular weight is 455 g/mol. The molecule has 0 aliphatic carbocycles. The fraction of sp³-hybridized carbons (Fsp3) is 0.276. The van der Waals surface area contributed by atoms with Gasteiger partial charge in [-0.25, -0.2) is 0 Å². The van der Waals surface area contributed by atoms with Crippen molar-refractivity contribution in [3.05, 3.63) is 101 Å². The average Bonchev–Trinajstić information content (AvgIpc) is 2.84. The van der Waals surface area contributed by atoms with E-state index < -0.39 is 0 Å². The Labute approximate surface area is 200 Å². The van der Waals surface area contributed by atoms with Gasteiger partial charge in [0.25, 0.3) is 5.91 Å². The van der Waals surface area contributed by atoms with Gasteiger partial charge in [-0.3, -0.25) is 14.6 Å². The van der Waals surface area contributed by atoms with Crippen molar-refractivity contribution in [1.29, 1.82) is 0 Å². The molecule has 1 heterocycles. The van der Waals surface area contributed by atoms with Crippen molar-refractivity contribution in [1.82, 2.24) is 5.32 Å². The van der Waals surface area contributed by atoms with E-state index in [-0.39, 0.29) is 23.7 Å². The zero-order chi connectivity index (χ0) is 24.1. The molecule has 0 unspecified atom stereocenters. The van der Waals surface area contributed by atoms with Crippen molar-refractivity contribution in [3.63, 3.8) is 0 Å². The summed E-state index contributed by atoms with van der Waals surface area (Å²) in [6, 6.07) is 22.8. The number of carbonyl (C=O) groups excluding carboxylic acids is 2. The monoisotopic (exact) mass is 454 g/mol. The molecule has 1 amide bonds. The Balaban J connectivity index is 1.42. The molecule has 174 valence electrons. The third kappa shape index (κ3) is 5.60. The van der Waals surface area contributed by atoms with Gasteiger partial charge in [-0.2, -0.15) is 0 Å². The number of methoxy groups -OCH3 is 1. The third-order valence-corrected chi connectivity index (χ3v) is 6.03. The number of rotatable bonds is 8. The predicted molar refractivity (Wildman–Crippen MR) is 135 cm³/mol. The summed E-state index contributed by atoms with van der Waals surface area (Å²) in [5.41, 5.74) is 4.94. The molecular weight excluding hydrogens is 424 g/mol. The Hall–Kier alpha value is -3.73. The number of ketones is 1. The first-order valence-corrected chi connectivity index (χ1v) is 11.6. The van der Waals surface area contributed by atoms with Crippen LogP contribution in [0.15, 0.2) is 77.8 Å². The van der Waals surface area contributed by atoms with E-state index in [4.69, 9.17) is 9.73 Å². The van der Waals surface area contributed by atoms with E-state index in [9.17, 15) is 9.59 Å². The maximum absolute atomic E-state index is 13.1. The van der Waals surface area contributed by atoms with Gasteiger partial charge in [0.05, 0.1) is 24.8 Å². The Bertz CT molecular complexity index is 1210. The molecule has 3 aromatic carbocycles. The highest BCUT2D eigenvalue weighted by molar-refractivity contribution is 6.17. The summed E-state index contributed by atoms with van der Waals surface area (Å²) in [5, 5.41) is 2.94. The number of ether oxygens (including phenoxy) is 1. The normalized spacial score (nSPS) is 14.0. The molecule has 1 aliphatic rings. The molecule has 0 saturated carbocycles. The molecule has 4 rings (SSSR count). The van der Waals surface area contributed by atoms with E-state index in [1.807, 2.05) is 42.5 Å². The number of benzene rings is 3. The van der Waals surface area contributed by atoms with Crippen LogP contribution in [0, 0.1) is 0 Å². The summed E-state index contributed by atoms with van der Waals surface area (Å²) in [5.74, 6) is 0.580. The van der Waals surface area contributed by atoms with Gasteiger partial charge in [0.1, 0.15) is 5.75 Å². The topological polar surface area (TPSA) is 67.8 Å². The number of hydrogen-bond donors (Lipinski definition) is 1. The van der Waals surface area contributed by atoms with Crippen LogP contribution in [0.25, 0.3) is 0 Å². The number of fused-ring (bicyclic) bond motifs is 1. The highest BCUT2D eigenvalue weighted by Crippen LogP contribution is 2.31. The van der Waals surface area contributed by atoms with Gasteiger partial charge < -0.3 is 10.1 Å². The molecule has 0 saturated heterocycles. The van der Waals surface area contributed by atoms with Crippen LogP contribution in [-0.4, -0.2) is 36.6 Å². The number of carbonyl (C=O) groups is 2. The standard InChI is InChI=1S/C29H30N2O3/c1-29(2)19-23-13-14-24(34-3)17-25(23)26(31-29)18-27(32)21-9-11-22(12-10-21)28(33)30-16-15-20-7-5-4-6-8-20/h4-14,17H,15-16,18-19H2,1-3H3,(H,30,33). The molecular formula is C29H30N2O3. The van der Waals surface area contributed by atoms with E-state index in [1.165, 1.54) is 11.1 Å². The number of Topliss-reactive ketones (excluding diaryl/α,β-unsaturated/α-hetero) is 1. The van der Waals surface area contributed by atoms with Crippen molar-refractivity contribution >= 4 is 17.4 Å². The molecule has 3 aromatic rings. The lowest BCUT2D eigenvalue weighted by Gasteiger charge is -2.29. The highest BCUT2D eigenvalue weighted by Gasteiger charge is 2.28. The Morgan fingerprint density at radius 2 is 1.68 bits per heavy atom. The molecule has 0 bridgehead atoms. The quantitative estimate of drug-likeness (QED) is 0.484. The van der Waals surface area contributed by atoms with Crippen LogP contribution in [0.4, 0.5) is 0 Å². The maximum atomic E-state index is 13.1. The minimum Gasteiger partial charge on any atom is -0.497 e. The van der Waals surface area contributed by atoms with Gasteiger partial charge >= 0.3 is 0 Å². The number of aliphatic imine (C=N–C) groups is 1. The highest BCUT2D eigenvalue weighted by atomic mass is 16.5. The first kappa shape index (κ1) is 23.4. The van der Waals surface area contributed by atoms with Crippen LogP contribution in [0.5, 0.6) is 5.75 Å². The molecule has 0 radical (unpaired) electrons. The van der Waals surface area contributed by atoms with Gasteiger partial charge in [0.2, 0.25) is 0 Å². The van der Waals surface area contributed by atoms with Crippen molar-refractivity contribution in [3.8, 4) is 5.75 Å². The summed E-state index contributed by atoms with van der Waals surface area (Å²) in [7, 11) is 1.63. The van der Waals surface area contributed by atoms with E-state index in [0.717, 1.165) is 29.9 Å². The zero-order valence-electron chi connectivity index (χ0n) is 19.9. The van der Waals surface area contributed by atoms with Crippen LogP contribution in [0.3, 0.4) is 0 Å². The molecule has 34 heavy (non-hydrogen) atoms. The van der Waals surface area contributed by atoms with Crippen LogP contribution in [0.2, 0.25) is 0 Å². The Morgan fingerprint density at radius 3 is 2.38 bits per heavy atom. The summed E-state index contributed by atoms with van der Waals surface area (Å²) >= 11 is 0. The summed E-state index contributed by atoms with van der Waals surface area (Å²) < 4.78 is 5.38. The van der Waals surface area contributed by atoms with Crippen molar-refractivity contribution < 1.29 is 14.3 Å². The molecule has 0 atom stereocenters. The van der Waals surface area contributed by atoms with E-state index >= 15 is 0 Å². The SMILES string of the molecule is COc1ccc2c(c1)C(CC(=O)c1ccc(C(=O)NCCc3ccccc3)cc1)=NC(C)(C)C2. The molecule has 1 N–H and O–H groups in total. The predicted octanol–water partition coefficient (Wildman–Crippen LogP) is 5.06. The van der Waals surface area contributed by atoms with E-state index in [2.05, 4.69) is 25.2 Å². The number of nitrogens with one attached hydrogen (secondary N) is 1. The molecule has 5 heteroatoms. The fourth-order valence-corrected chi connectivity index (χ4v) is 4.30. The van der Waals surface area contributed by atoms with Gasteiger partial charge in [-0.15, -0.1) is 0 Å². The maximum Gasteiger partial charge on any atom is 0.251 e. The van der Waals surface area contributed by atoms with Crippen molar-refractivity contribution in [2.24, 2.45) is 4.99 Å². The lowest BCUT2D eigenvalue weighted by Crippen LogP contribution is -2.30. The zero-order valence-corrected chi connectivity index (χ0v) is 19.9. The van der Waals surface area contributed by atoms with Gasteiger partial charge in [0.15, 0.2) is 5.78 Å². The fourth-order valence-electron chi connectivity index (χ4n) is 4.30. The van der Waals surface area contributed by atoms with Gasteiger partial charge in [0, 0.05) is 23.2 Å². The van der Waals surface area contributed by atoms with Crippen LogP contribution >= 0.6 is 0 Å². The molecule has 0 aromatic heterocycles. The lowest BCUT2D eigenvalue weighted by molar-refractivity contribution is 0.0951. The smallest absolute Gasteiger partial charge is 0.251 e. The second kappa shape index (κ2) is 10.0. The molecule has 0 spiro atoms. The first-order valence-electron chi connectivity index (χ1n) is 11.6. The number of nitrogens with zero attached hydrogens (tertiary/aromatic N) is 1. The Morgan fingerprint density at radius 1 is 0.971 bits per heavy atom. The van der Waals surface area contributed by atoms with Gasteiger partial charge in [-0.05, 0) is 62.1 Å². The minimum absolute atomic E-state index is 0.0266. The lowest BCUT2D eigenvalue weighted by atomic mass is 9.85. The molecule has 0 fully saturated rings. The van der Waals surface area contributed by atoms with Crippen LogP contribution < -0.4 is 10.1 Å². The molecule has 1 aliphatic heterocycles. The first-order chi connectivity index (χ1) is 16.3. The molecule has 5 nitrogen and oxygen atoms in total. The number of amides is 1. The van der Waals surface area contributed by atoms with Crippen LogP contribution in [-0.2, 0) is 12.8 Å². The number of hydrogen-bond acceptors (Lipinski definition) is 4. The minimum atomic E-state index is -0.265. The Kier molecular flexibility index (Phi) is 6.92. The summed E-state index contributed by atoms with van der Waals surface area (Å²) in [6.07, 6.45) is 1.79. The second-order valence-corrected chi connectivity index (χ2v) is 9.24. The van der Waals surface area contributed by atoms with Crippen molar-refractivity contribution in [2.45, 2.75) is 38.6 Å². The van der Waals surface area contributed by atoms with Crippen molar-refractivity contribution in [2.75, 3.05) is 13.7 Å². The third-order valence-electron chi connectivity index (χ3n) is 6.03. The largest absolute Gasteiger partial charge is 0.497 e. The second-order valence-electron chi connectivity index (χ2n) is 9.24. The van der Waals surface area contributed by atoms with E-state index in [1.54, 1.807) is 31.4 Å².